The first-order chi connectivity index (χ1) is 7.52. The van der Waals surface area contributed by atoms with E-state index in [0.29, 0.717) is 18.9 Å². The zero-order valence-electron chi connectivity index (χ0n) is 9.37. The number of halogens is 1. The topological polar surface area (TPSA) is 29.5 Å². The van der Waals surface area contributed by atoms with Crippen molar-refractivity contribution in [2.24, 2.45) is 0 Å². The number of ether oxygens (including phenoxy) is 1. The van der Waals surface area contributed by atoms with Crippen molar-refractivity contribution in [1.82, 2.24) is 4.90 Å². The summed E-state index contributed by atoms with van der Waals surface area (Å²) in [4.78, 5) is 14.1. The van der Waals surface area contributed by atoms with Crippen LogP contribution in [0.25, 0.3) is 0 Å². The lowest BCUT2D eigenvalue weighted by Crippen LogP contribution is -2.44. The van der Waals surface area contributed by atoms with Crippen molar-refractivity contribution < 1.29 is 9.53 Å². The summed E-state index contributed by atoms with van der Waals surface area (Å²) in [7, 11) is 0. The summed E-state index contributed by atoms with van der Waals surface area (Å²) in [6.07, 6.45) is 0. The number of benzene rings is 1. The molecular weight excluding hydrogens is 270 g/mol. The molecule has 16 heavy (non-hydrogen) atoms. The van der Waals surface area contributed by atoms with Gasteiger partial charge in [0.1, 0.15) is 6.73 Å². The molecule has 0 spiro atoms. The largest absolute Gasteiger partial charge is 0.359 e. The average Bonchev–Trinajstić information content (AvgIpc) is 2.58. The standard InChI is InChI=1S/C12H14BrNO2/c1-12(2)7-16-8-14(12)11(15)9-5-3-4-6-10(9)13/h3-6H,7-8H2,1-2H3. The van der Waals surface area contributed by atoms with Crippen molar-refractivity contribution in [3.63, 3.8) is 0 Å². The fourth-order valence-corrected chi connectivity index (χ4v) is 2.21. The first-order valence-electron chi connectivity index (χ1n) is 5.16. The smallest absolute Gasteiger partial charge is 0.257 e. The van der Waals surface area contributed by atoms with Crippen LogP contribution >= 0.6 is 15.9 Å². The second-order valence-electron chi connectivity index (χ2n) is 4.50. The lowest BCUT2D eigenvalue weighted by Gasteiger charge is -2.29. The second-order valence-corrected chi connectivity index (χ2v) is 5.36. The van der Waals surface area contributed by atoms with Crippen molar-refractivity contribution in [1.29, 1.82) is 0 Å². The Morgan fingerprint density at radius 3 is 2.69 bits per heavy atom. The molecule has 2 rings (SSSR count). The van der Waals surface area contributed by atoms with Gasteiger partial charge >= 0.3 is 0 Å². The molecule has 0 atom stereocenters. The van der Waals surface area contributed by atoms with Crippen molar-refractivity contribution in [3.05, 3.63) is 34.3 Å². The van der Waals surface area contributed by atoms with Crippen LogP contribution in [0.5, 0.6) is 0 Å². The lowest BCUT2D eigenvalue weighted by atomic mass is 10.0. The molecular formula is C12H14BrNO2. The van der Waals surface area contributed by atoms with Gasteiger partial charge in [-0.05, 0) is 41.9 Å². The van der Waals surface area contributed by atoms with Gasteiger partial charge in [-0.2, -0.15) is 0 Å². The minimum Gasteiger partial charge on any atom is -0.359 e. The van der Waals surface area contributed by atoms with E-state index in [9.17, 15) is 4.79 Å². The SMILES string of the molecule is CC1(C)COCN1C(=O)c1ccccc1Br. The molecule has 0 aliphatic carbocycles. The molecule has 1 heterocycles. The molecule has 0 unspecified atom stereocenters. The third-order valence-electron chi connectivity index (χ3n) is 2.76. The molecule has 0 aromatic heterocycles. The number of carbonyl (C=O) groups is 1. The highest BCUT2D eigenvalue weighted by Gasteiger charge is 2.37. The maximum absolute atomic E-state index is 12.3. The summed E-state index contributed by atoms with van der Waals surface area (Å²) in [5, 5.41) is 0. The molecule has 0 N–H and O–H groups in total. The molecule has 1 aliphatic rings. The van der Waals surface area contributed by atoms with Crippen LogP contribution in [0.2, 0.25) is 0 Å². The molecule has 0 bridgehead atoms. The number of nitrogens with zero attached hydrogens (tertiary/aromatic N) is 1. The lowest BCUT2D eigenvalue weighted by molar-refractivity contribution is 0.0604. The predicted molar refractivity (Wildman–Crippen MR) is 65.2 cm³/mol. The highest BCUT2D eigenvalue weighted by atomic mass is 79.9. The van der Waals surface area contributed by atoms with Gasteiger partial charge in [0.25, 0.3) is 5.91 Å². The van der Waals surface area contributed by atoms with E-state index in [1.807, 2.05) is 38.1 Å². The first-order valence-corrected chi connectivity index (χ1v) is 5.96. The van der Waals surface area contributed by atoms with E-state index >= 15 is 0 Å². The summed E-state index contributed by atoms with van der Waals surface area (Å²) >= 11 is 3.39. The maximum Gasteiger partial charge on any atom is 0.257 e. The molecule has 1 saturated heterocycles. The zero-order chi connectivity index (χ0) is 11.8. The van der Waals surface area contributed by atoms with Gasteiger partial charge in [0.15, 0.2) is 0 Å². The van der Waals surface area contributed by atoms with Crippen molar-refractivity contribution in [2.75, 3.05) is 13.3 Å². The zero-order valence-corrected chi connectivity index (χ0v) is 11.0. The van der Waals surface area contributed by atoms with Gasteiger partial charge in [0, 0.05) is 4.47 Å². The fraction of sp³-hybridized carbons (Fsp3) is 0.417. The van der Waals surface area contributed by atoms with Crippen LogP contribution in [0.4, 0.5) is 0 Å². The van der Waals surface area contributed by atoms with Gasteiger partial charge in [-0.1, -0.05) is 12.1 Å². The van der Waals surface area contributed by atoms with E-state index in [1.54, 1.807) is 4.90 Å². The normalized spacial score (nSPS) is 18.8. The van der Waals surface area contributed by atoms with E-state index in [1.165, 1.54) is 0 Å². The molecule has 0 saturated carbocycles. The van der Waals surface area contributed by atoms with Crippen LogP contribution in [0.15, 0.2) is 28.7 Å². The van der Waals surface area contributed by atoms with Gasteiger partial charge in [-0.15, -0.1) is 0 Å². The number of hydrogen-bond acceptors (Lipinski definition) is 2. The van der Waals surface area contributed by atoms with Crippen LogP contribution in [-0.2, 0) is 4.74 Å². The van der Waals surface area contributed by atoms with E-state index < -0.39 is 0 Å². The molecule has 3 nitrogen and oxygen atoms in total. The Hall–Kier alpha value is -0.870. The number of rotatable bonds is 1. The summed E-state index contributed by atoms with van der Waals surface area (Å²) in [6.45, 7) is 4.97. The maximum atomic E-state index is 12.3. The number of hydrogen-bond donors (Lipinski definition) is 0. The predicted octanol–water partition coefficient (Wildman–Crippen LogP) is 2.66. The van der Waals surface area contributed by atoms with E-state index in [-0.39, 0.29) is 11.4 Å². The molecule has 4 heteroatoms. The quantitative estimate of drug-likeness (QED) is 0.793. The Bertz CT molecular complexity index is 417. The van der Waals surface area contributed by atoms with Gasteiger partial charge in [0.05, 0.1) is 17.7 Å². The Kier molecular flexibility index (Phi) is 3.04. The molecule has 1 aromatic rings. The minimum atomic E-state index is -0.230. The highest BCUT2D eigenvalue weighted by Crippen LogP contribution is 2.26. The van der Waals surface area contributed by atoms with Crippen LogP contribution < -0.4 is 0 Å². The molecule has 0 radical (unpaired) electrons. The Labute approximate surface area is 104 Å². The molecule has 1 fully saturated rings. The van der Waals surface area contributed by atoms with E-state index in [0.717, 1.165) is 4.47 Å². The first kappa shape index (κ1) is 11.6. The second kappa shape index (κ2) is 4.18. The minimum absolute atomic E-state index is 0.00924. The van der Waals surface area contributed by atoms with Crippen LogP contribution in [-0.4, -0.2) is 29.7 Å². The number of amides is 1. The molecule has 1 aromatic carbocycles. The molecule has 86 valence electrons. The van der Waals surface area contributed by atoms with Gasteiger partial charge in [-0.3, -0.25) is 4.79 Å². The van der Waals surface area contributed by atoms with Crippen molar-refractivity contribution in [3.8, 4) is 0 Å². The van der Waals surface area contributed by atoms with Crippen LogP contribution in [0.3, 0.4) is 0 Å². The van der Waals surface area contributed by atoms with Crippen molar-refractivity contribution in [2.45, 2.75) is 19.4 Å². The molecule has 1 amide bonds. The summed E-state index contributed by atoms with van der Waals surface area (Å²) in [5.41, 5.74) is 0.452. The summed E-state index contributed by atoms with van der Waals surface area (Å²) in [5.74, 6) is 0.00924. The van der Waals surface area contributed by atoms with Gasteiger partial charge in [0.2, 0.25) is 0 Å². The van der Waals surface area contributed by atoms with E-state index in [2.05, 4.69) is 15.9 Å². The molecule has 1 aliphatic heterocycles. The third kappa shape index (κ3) is 1.99. The fourth-order valence-electron chi connectivity index (χ4n) is 1.75. The van der Waals surface area contributed by atoms with Gasteiger partial charge < -0.3 is 9.64 Å². The Morgan fingerprint density at radius 2 is 2.12 bits per heavy atom. The van der Waals surface area contributed by atoms with E-state index in [4.69, 9.17) is 4.74 Å². The monoisotopic (exact) mass is 283 g/mol. The van der Waals surface area contributed by atoms with Crippen molar-refractivity contribution >= 4 is 21.8 Å². The third-order valence-corrected chi connectivity index (χ3v) is 3.45. The summed E-state index contributed by atoms with van der Waals surface area (Å²) < 4.78 is 6.17. The van der Waals surface area contributed by atoms with Gasteiger partial charge in [-0.25, -0.2) is 0 Å². The van der Waals surface area contributed by atoms with Crippen LogP contribution in [0, 0.1) is 0 Å². The van der Waals surface area contributed by atoms with Crippen LogP contribution in [0.1, 0.15) is 24.2 Å². The number of carbonyl (C=O) groups excluding carboxylic acids is 1. The summed E-state index contributed by atoms with van der Waals surface area (Å²) in [6, 6.07) is 7.45. The Balaban J connectivity index is 2.30. The highest BCUT2D eigenvalue weighted by molar-refractivity contribution is 9.10. The Morgan fingerprint density at radius 1 is 1.44 bits per heavy atom. The average molecular weight is 284 g/mol.